The minimum absolute atomic E-state index is 0.0698. The SMILES string of the molecule is N[C@@H](CCCCN=C1NC(=NCCC[C@H](N)C(=O)O)NC1CC(O)C(O)CO)C(=O)O. The highest BCUT2D eigenvalue weighted by Crippen LogP contribution is 2.09. The van der Waals surface area contributed by atoms with Crippen molar-refractivity contribution in [3.63, 3.8) is 0 Å². The van der Waals surface area contributed by atoms with E-state index >= 15 is 0 Å². The van der Waals surface area contributed by atoms with Gasteiger partial charge in [0.05, 0.1) is 18.8 Å². The maximum atomic E-state index is 10.7. The van der Waals surface area contributed by atoms with Gasteiger partial charge in [-0.1, -0.05) is 0 Å². The molecule has 31 heavy (non-hydrogen) atoms. The van der Waals surface area contributed by atoms with Gasteiger partial charge in [0, 0.05) is 19.5 Å². The van der Waals surface area contributed by atoms with Gasteiger partial charge in [-0.15, -0.1) is 0 Å². The second kappa shape index (κ2) is 13.9. The lowest BCUT2D eigenvalue weighted by Gasteiger charge is -2.19. The van der Waals surface area contributed by atoms with Crippen LogP contribution >= 0.6 is 0 Å². The molecule has 3 unspecified atom stereocenters. The average Bonchev–Trinajstić information content (AvgIpc) is 3.10. The molecule has 1 aliphatic rings. The maximum absolute atomic E-state index is 10.7. The van der Waals surface area contributed by atoms with Crippen LogP contribution in [0.2, 0.25) is 0 Å². The minimum Gasteiger partial charge on any atom is -0.480 e. The van der Waals surface area contributed by atoms with Gasteiger partial charge in [-0.3, -0.25) is 19.6 Å². The van der Waals surface area contributed by atoms with Crippen molar-refractivity contribution in [1.29, 1.82) is 0 Å². The molecule has 0 bridgehead atoms. The van der Waals surface area contributed by atoms with Crippen LogP contribution in [0.3, 0.4) is 0 Å². The van der Waals surface area contributed by atoms with E-state index in [1.54, 1.807) is 0 Å². The third kappa shape index (κ3) is 10.0. The van der Waals surface area contributed by atoms with Crippen LogP contribution < -0.4 is 22.1 Å². The smallest absolute Gasteiger partial charge is 0.320 e. The summed E-state index contributed by atoms with van der Waals surface area (Å²) in [6.45, 7) is 0.139. The molecule has 1 rings (SSSR count). The molecule has 0 aromatic carbocycles. The third-order valence-electron chi connectivity index (χ3n) is 4.78. The van der Waals surface area contributed by atoms with Crippen molar-refractivity contribution in [3.05, 3.63) is 0 Å². The molecule has 1 saturated heterocycles. The van der Waals surface area contributed by atoms with E-state index in [9.17, 15) is 19.8 Å². The second-order valence-electron chi connectivity index (χ2n) is 7.40. The molecular weight excluding hydrogens is 412 g/mol. The van der Waals surface area contributed by atoms with Crippen LogP contribution in [-0.4, -0.2) is 99.3 Å². The number of carbonyl (C=O) groups is 2. The Hall–Kier alpha value is -2.32. The van der Waals surface area contributed by atoms with Crippen molar-refractivity contribution in [2.75, 3.05) is 19.7 Å². The Morgan fingerprint density at radius 3 is 2.10 bits per heavy atom. The predicted octanol–water partition coefficient (Wildman–Crippen LogP) is -2.82. The zero-order valence-corrected chi connectivity index (χ0v) is 17.4. The Bertz CT molecular complexity index is 645. The molecule has 11 N–H and O–H groups in total. The number of carboxylic acids is 2. The first-order valence-corrected chi connectivity index (χ1v) is 10.2. The van der Waals surface area contributed by atoms with Gasteiger partial charge in [-0.2, -0.15) is 0 Å². The largest absolute Gasteiger partial charge is 0.480 e. The number of guanidine groups is 1. The average molecular weight is 447 g/mol. The van der Waals surface area contributed by atoms with E-state index in [-0.39, 0.29) is 12.8 Å². The quantitative estimate of drug-likeness (QED) is 0.116. The van der Waals surface area contributed by atoms with Gasteiger partial charge in [-0.25, -0.2) is 0 Å². The molecule has 0 aliphatic carbocycles. The lowest BCUT2D eigenvalue weighted by atomic mass is 10.0. The highest BCUT2D eigenvalue weighted by atomic mass is 16.4. The molecule has 1 aliphatic heterocycles. The van der Waals surface area contributed by atoms with E-state index < -0.39 is 48.9 Å². The van der Waals surface area contributed by atoms with Crippen molar-refractivity contribution in [3.8, 4) is 0 Å². The first-order chi connectivity index (χ1) is 14.6. The molecule has 0 radical (unpaired) electrons. The number of rotatable bonds is 15. The van der Waals surface area contributed by atoms with Crippen LogP contribution in [0.5, 0.6) is 0 Å². The number of nitrogens with zero attached hydrogens (tertiary/aromatic N) is 2. The van der Waals surface area contributed by atoms with E-state index in [0.717, 1.165) is 0 Å². The molecule has 0 spiro atoms. The molecule has 13 heteroatoms. The fourth-order valence-corrected chi connectivity index (χ4v) is 2.83. The number of nitrogens with one attached hydrogen (secondary N) is 2. The zero-order valence-electron chi connectivity index (χ0n) is 17.4. The molecule has 5 atom stereocenters. The molecule has 13 nitrogen and oxygen atoms in total. The molecule has 1 heterocycles. The van der Waals surface area contributed by atoms with Gasteiger partial charge in [0.25, 0.3) is 0 Å². The first kappa shape index (κ1) is 26.7. The standard InChI is InChI=1S/C18H34N6O7/c19-10(16(28)29)4-1-2-6-21-15-12(8-13(26)14(27)9-25)23-18(24-15)22-7-3-5-11(20)17(30)31/h10-14,25-27H,1-9,19-20H2,(H,28,29)(H,30,31)(H2,21,22,23,24)/t10-,11-,12?,13?,14?/m0/s1. The van der Waals surface area contributed by atoms with Crippen LogP contribution in [-0.2, 0) is 9.59 Å². The van der Waals surface area contributed by atoms with Crippen LogP contribution in [0.1, 0.15) is 38.5 Å². The van der Waals surface area contributed by atoms with E-state index in [2.05, 4.69) is 20.6 Å². The van der Waals surface area contributed by atoms with Gasteiger partial charge in [-0.05, 0) is 32.1 Å². The summed E-state index contributed by atoms with van der Waals surface area (Å²) in [5.41, 5.74) is 10.9. The fourth-order valence-electron chi connectivity index (χ4n) is 2.83. The Morgan fingerprint density at radius 2 is 1.52 bits per heavy atom. The predicted molar refractivity (Wildman–Crippen MR) is 113 cm³/mol. The Balaban J connectivity index is 2.64. The number of hydrogen-bond donors (Lipinski definition) is 9. The lowest BCUT2D eigenvalue weighted by molar-refractivity contribution is -0.139. The zero-order chi connectivity index (χ0) is 23.4. The third-order valence-corrected chi connectivity index (χ3v) is 4.78. The highest BCUT2D eigenvalue weighted by molar-refractivity contribution is 6.09. The van der Waals surface area contributed by atoms with E-state index in [1.165, 1.54) is 0 Å². The summed E-state index contributed by atoms with van der Waals surface area (Å²) in [4.78, 5) is 30.2. The molecule has 0 saturated carbocycles. The van der Waals surface area contributed by atoms with Crippen molar-refractivity contribution >= 4 is 23.7 Å². The number of aliphatic hydroxyl groups excluding tert-OH is 3. The van der Waals surface area contributed by atoms with Crippen LogP contribution in [0.4, 0.5) is 0 Å². The summed E-state index contributed by atoms with van der Waals surface area (Å²) < 4.78 is 0. The summed E-state index contributed by atoms with van der Waals surface area (Å²) in [7, 11) is 0. The van der Waals surface area contributed by atoms with Gasteiger partial charge < -0.3 is 47.6 Å². The molecule has 1 fully saturated rings. The first-order valence-electron chi connectivity index (χ1n) is 10.2. The molecular formula is C18H34N6O7. The second-order valence-corrected chi connectivity index (χ2v) is 7.40. The monoisotopic (exact) mass is 446 g/mol. The van der Waals surface area contributed by atoms with Gasteiger partial charge in [0.1, 0.15) is 24.0 Å². The fraction of sp³-hybridized carbons (Fsp3) is 0.778. The lowest BCUT2D eigenvalue weighted by Crippen LogP contribution is -2.39. The summed E-state index contributed by atoms with van der Waals surface area (Å²) in [6.07, 6.45) is -0.139. The molecule has 0 aromatic heterocycles. The van der Waals surface area contributed by atoms with E-state index in [1.807, 2.05) is 0 Å². The van der Waals surface area contributed by atoms with Gasteiger partial charge >= 0.3 is 11.9 Å². The summed E-state index contributed by atoms with van der Waals surface area (Å²) in [5, 5.41) is 52.3. The number of aliphatic hydroxyl groups is 3. The number of aliphatic carboxylic acids is 2. The Morgan fingerprint density at radius 1 is 0.935 bits per heavy atom. The number of hydrogen-bond acceptors (Lipinski definition) is 9. The summed E-state index contributed by atoms with van der Waals surface area (Å²) >= 11 is 0. The van der Waals surface area contributed by atoms with Crippen LogP contribution in [0.25, 0.3) is 0 Å². The number of carboxylic acid groups (broad SMARTS) is 2. The number of aliphatic imine (C=N–C) groups is 2. The summed E-state index contributed by atoms with van der Waals surface area (Å²) in [6, 6.07) is -2.33. The number of unbranched alkanes of at least 4 members (excludes halogenated alkanes) is 1. The van der Waals surface area contributed by atoms with Crippen LogP contribution in [0.15, 0.2) is 9.98 Å². The van der Waals surface area contributed by atoms with Crippen molar-refractivity contribution in [1.82, 2.24) is 10.6 Å². The van der Waals surface area contributed by atoms with Gasteiger partial charge in [0.15, 0.2) is 5.96 Å². The Labute approximate surface area is 180 Å². The van der Waals surface area contributed by atoms with Crippen molar-refractivity contribution < 1.29 is 35.1 Å². The number of nitrogens with two attached hydrogens (primary N) is 2. The van der Waals surface area contributed by atoms with E-state index in [4.69, 9.17) is 26.8 Å². The van der Waals surface area contributed by atoms with Gasteiger partial charge in [0.2, 0.25) is 0 Å². The minimum atomic E-state index is -1.29. The maximum Gasteiger partial charge on any atom is 0.320 e. The summed E-state index contributed by atoms with van der Waals surface area (Å²) in [5.74, 6) is -1.23. The number of amidine groups is 1. The molecule has 0 amide bonds. The topological polar surface area (TPSA) is 236 Å². The normalized spacial score (nSPS) is 22.5. The van der Waals surface area contributed by atoms with Crippen molar-refractivity contribution in [2.45, 2.75) is 68.9 Å². The molecule has 0 aromatic rings. The van der Waals surface area contributed by atoms with Crippen molar-refractivity contribution in [2.24, 2.45) is 21.5 Å². The highest BCUT2D eigenvalue weighted by Gasteiger charge is 2.30. The van der Waals surface area contributed by atoms with E-state index in [0.29, 0.717) is 50.6 Å². The Kier molecular flexibility index (Phi) is 12.0. The van der Waals surface area contributed by atoms with Crippen LogP contribution in [0, 0.1) is 0 Å². The molecule has 178 valence electrons.